The van der Waals surface area contributed by atoms with Gasteiger partial charge < -0.3 is 5.73 Å². The molecule has 0 aliphatic carbocycles. The molecular weight excluding hydrogens is 204 g/mol. The predicted molar refractivity (Wildman–Crippen MR) is 60.0 cm³/mol. The van der Waals surface area contributed by atoms with E-state index in [1.807, 2.05) is 0 Å². The molecule has 0 bridgehead atoms. The van der Waals surface area contributed by atoms with Crippen molar-refractivity contribution >= 4 is 5.78 Å². The van der Waals surface area contributed by atoms with Crippen LogP contribution >= 0.6 is 0 Å². The van der Waals surface area contributed by atoms with E-state index in [0.717, 1.165) is 19.4 Å². The first-order valence-corrected chi connectivity index (χ1v) is 5.54. The van der Waals surface area contributed by atoms with E-state index in [2.05, 4.69) is 14.9 Å². The minimum atomic E-state index is 0.0217. The van der Waals surface area contributed by atoms with Gasteiger partial charge in [-0.25, -0.2) is 4.98 Å². The number of hydrogen-bond donors (Lipinski definition) is 1. The number of hydrogen-bond acceptors (Lipinski definition) is 5. The topological polar surface area (TPSA) is 72.1 Å². The van der Waals surface area contributed by atoms with Crippen LogP contribution < -0.4 is 5.73 Å². The quantitative estimate of drug-likeness (QED) is 0.728. The van der Waals surface area contributed by atoms with Crippen molar-refractivity contribution in [1.29, 1.82) is 0 Å². The molecule has 1 aromatic heterocycles. The standard InChI is InChI=1S/C11H16N4O/c12-6-9-2-1-5-15(9)8-11(16)10-7-13-3-4-14-10/h3-4,7,9H,1-2,5-6,8,12H2. The van der Waals surface area contributed by atoms with Gasteiger partial charge in [0.1, 0.15) is 5.69 Å². The minimum Gasteiger partial charge on any atom is -0.329 e. The summed E-state index contributed by atoms with van der Waals surface area (Å²) in [5, 5.41) is 0. The zero-order valence-corrected chi connectivity index (χ0v) is 9.17. The zero-order chi connectivity index (χ0) is 11.4. The lowest BCUT2D eigenvalue weighted by Crippen LogP contribution is -2.38. The lowest BCUT2D eigenvalue weighted by atomic mass is 10.2. The van der Waals surface area contributed by atoms with Gasteiger partial charge in [0.05, 0.1) is 12.7 Å². The van der Waals surface area contributed by atoms with Crippen LogP contribution in [0.3, 0.4) is 0 Å². The molecule has 5 heteroatoms. The molecule has 1 fully saturated rings. The Morgan fingerprint density at radius 2 is 2.44 bits per heavy atom. The van der Waals surface area contributed by atoms with Gasteiger partial charge in [-0.05, 0) is 19.4 Å². The van der Waals surface area contributed by atoms with Gasteiger partial charge in [0.2, 0.25) is 0 Å². The van der Waals surface area contributed by atoms with Crippen LogP contribution in [-0.2, 0) is 0 Å². The first kappa shape index (κ1) is 11.2. The molecule has 2 rings (SSSR count). The van der Waals surface area contributed by atoms with Crippen LogP contribution in [0.5, 0.6) is 0 Å². The molecule has 1 aliphatic heterocycles. The maximum Gasteiger partial charge on any atom is 0.196 e. The summed E-state index contributed by atoms with van der Waals surface area (Å²) in [6, 6.07) is 0.348. The van der Waals surface area contributed by atoms with E-state index in [4.69, 9.17) is 5.73 Å². The molecule has 0 spiro atoms. The maximum atomic E-state index is 11.9. The lowest BCUT2D eigenvalue weighted by molar-refractivity contribution is 0.0918. The van der Waals surface area contributed by atoms with Crippen LogP contribution in [0.15, 0.2) is 18.6 Å². The second kappa shape index (κ2) is 5.14. The number of Topliss-reactive ketones (excluding diaryl/α,β-unsaturated/α-hetero) is 1. The number of nitrogens with two attached hydrogens (primary N) is 1. The zero-order valence-electron chi connectivity index (χ0n) is 9.17. The molecule has 5 nitrogen and oxygen atoms in total. The molecule has 1 saturated heterocycles. The highest BCUT2D eigenvalue weighted by molar-refractivity contribution is 5.95. The van der Waals surface area contributed by atoms with Gasteiger partial charge in [0.25, 0.3) is 0 Å². The third kappa shape index (κ3) is 2.43. The van der Waals surface area contributed by atoms with Gasteiger partial charge in [0.15, 0.2) is 5.78 Å². The number of rotatable bonds is 4. The van der Waals surface area contributed by atoms with Gasteiger partial charge in [-0.3, -0.25) is 14.7 Å². The van der Waals surface area contributed by atoms with Crippen molar-refractivity contribution in [3.05, 3.63) is 24.3 Å². The lowest BCUT2D eigenvalue weighted by Gasteiger charge is -2.21. The first-order valence-electron chi connectivity index (χ1n) is 5.54. The van der Waals surface area contributed by atoms with Crippen molar-refractivity contribution in [2.75, 3.05) is 19.6 Å². The Morgan fingerprint density at radius 3 is 3.12 bits per heavy atom. The van der Waals surface area contributed by atoms with E-state index >= 15 is 0 Å². The van der Waals surface area contributed by atoms with E-state index in [-0.39, 0.29) is 5.78 Å². The molecule has 2 heterocycles. The average Bonchev–Trinajstić information content (AvgIpc) is 2.77. The molecule has 16 heavy (non-hydrogen) atoms. The fourth-order valence-electron chi connectivity index (χ4n) is 2.08. The number of aromatic nitrogens is 2. The van der Waals surface area contributed by atoms with Crippen LogP contribution in [0, 0.1) is 0 Å². The van der Waals surface area contributed by atoms with E-state index in [1.165, 1.54) is 12.4 Å². The van der Waals surface area contributed by atoms with Crippen molar-refractivity contribution in [2.24, 2.45) is 5.73 Å². The smallest absolute Gasteiger partial charge is 0.196 e. The Bertz CT molecular complexity index is 354. The summed E-state index contributed by atoms with van der Waals surface area (Å²) in [5.41, 5.74) is 6.09. The largest absolute Gasteiger partial charge is 0.329 e. The minimum absolute atomic E-state index is 0.0217. The van der Waals surface area contributed by atoms with Crippen molar-refractivity contribution in [1.82, 2.24) is 14.9 Å². The first-order chi connectivity index (χ1) is 7.81. The summed E-state index contributed by atoms with van der Waals surface area (Å²) in [7, 11) is 0. The molecule has 0 saturated carbocycles. The third-order valence-electron chi connectivity index (χ3n) is 2.97. The number of carbonyl (C=O) groups excluding carboxylic acids is 1. The van der Waals surface area contributed by atoms with Gasteiger partial charge in [-0.2, -0.15) is 0 Å². The Kier molecular flexibility index (Phi) is 3.58. The highest BCUT2D eigenvalue weighted by Gasteiger charge is 2.25. The molecule has 1 atom stereocenters. The second-order valence-corrected chi connectivity index (χ2v) is 4.02. The summed E-state index contributed by atoms with van der Waals surface area (Å²) in [6.07, 6.45) is 6.82. The molecule has 1 aliphatic rings. The predicted octanol–water partition coefficient (Wildman–Crippen LogP) is 0.0824. The summed E-state index contributed by atoms with van der Waals surface area (Å²) in [6.45, 7) is 1.97. The monoisotopic (exact) mass is 220 g/mol. The molecule has 0 amide bonds. The SMILES string of the molecule is NCC1CCCN1CC(=O)c1cnccn1. The van der Waals surface area contributed by atoms with E-state index in [9.17, 15) is 4.79 Å². The summed E-state index contributed by atoms with van der Waals surface area (Å²) in [4.78, 5) is 21.9. The number of carbonyl (C=O) groups is 1. The molecule has 1 aromatic rings. The Hall–Kier alpha value is -1.33. The normalized spacial score (nSPS) is 21.2. The average molecular weight is 220 g/mol. The number of likely N-dealkylation sites (tertiary alicyclic amines) is 1. The van der Waals surface area contributed by atoms with Crippen LogP contribution in [0.25, 0.3) is 0 Å². The van der Waals surface area contributed by atoms with Gasteiger partial charge >= 0.3 is 0 Å². The van der Waals surface area contributed by atoms with Crippen LogP contribution in [0.4, 0.5) is 0 Å². The van der Waals surface area contributed by atoms with E-state index in [1.54, 1.807) is 6.20 Å². The fourth-order valence-corrected chi connectivity index (χ4v) is 2.08. The van der Waals surface area contributed by atoms with Crippen LogP contribution in [0.1, 0.15) is 23.3 Å². The van der Waals surface area contributed by atoms with E-state index in [0.29, 0.717) is 24.8 Å². The maximum absolute atomic E-state index is 11.9. The molecular formula is C11H16N4O. The molecule has 2 N–H and O–H groups in total. The highest BCUT2D eigenvalue weighted by atomic mass is 16.1. The van der Waals surface area contributed by atoms with Crippen molar-refractivity contribution in [3.63, 3.8) is 0 Å². The fraction of sp³-hybridized carbons (Fsp3) is 0.545. The molecule has 86 valence electrons. The summed E-state index contributed by atoms with van der Waals surface area (Å²) >= 11 is 0. The Balaban J connectivity index is 1.97. The van der Waals surface area contributed by atoms with E-state index < -0.39 is 0 Å². The molecule has 0 aromatic carbocycles. The third-order valence-corrected chi connectivity index (χ3v) is 2.97. The highest BCUT2D eigenvalue weighted by Crippen LogP contribution is 2.16. The second-order valence-electron chi connectivity index (χ2n) is 4.02. The van der Waals surface area contributed by atoms with Gasteiger partial charge in [-0.15, -0.1) is 0 Å². The molecule has 1 unspecified atom stereocenters. The number of ketones is 1. The van der Waals surface area contributed by atoms with Crippen molar-refractivity contribution < 1.29 is 4.79 Å². The molecule has 0 radical (unpaired) electrons. The van der Waals surface area contributed by atoms with Gasteiger partial charge in [-0.1, -0.05) is 0 Å². The van der Waals surface area contributed by atoms with Crippen molar-refractivity contribution in [3.8, 4) is 0 Å². The van der Waals surface area contributed by atoms with Gasteiger partial charge in [0, 0.05) is 25.0 Å². The van der Waals surface area contributed by atoms with Crippen LogP contribution in [0.2, 0.25) is 0 Å². The van der Waals surface area contributed by atoms with Crippen molar-refractivity contribution in [2.45, 2.75) is 18.9 Å². The Labute approximate surface area is 94.7 Å². The number of nitrogens with zero attached hydrogens (tertiary/aromatic N) is 3. The summed E-state index contributed by atoms with van der Waals surface area (Å²) in [5.74, 6) is 0.0217. The Morgan fingerprint density at radius 1 is 1.56 bits per heavy atom. The van der Waals surface area contributed by atoms with Crippen LogP contribution in [-0.4, -0.2) is 46.3 Å². The summed E-state index contributed by atoms with van der Waals surface area (Å²) < 4.78 is 0.